The van der Waals surface area contributed by atoms with Gasteiger partial charge in [-0.05, 0) is 67.1 Å². The molecule has 3 heterocycles. The molecule has 0 radical (unpaired) electrons. The molecule has 0 aliphatic carbocycles. The molecule has 1 fully saturated rings. The first-order valence-corrected chi connectivity index (χ1v) is 13.9. The van der Waals surface area contributed by atoms with Crippen LogP contribution in [0, 0.1) is 6.92 Å². The van der Waals surface area contributed by atoms with Crippen LogP contribution in [0.25, 0.3) is 22.2 Å². The minimum atomic E-state index is -3.91. The molecule has 1 saturated heterocycles. The SMILES string of the molecule is Cc1ccc(NS(=O)(=O)c2ccc(N3COCCS3(=O)=O)cc2)cc1-c1ccc2cnccc2n1. The summed E-state index contributed by atoms with van der Waals surface area (Å²) in [6.45, 7) is 1.97. The van der Waals surface area contributed by atoms with Crippen LogP contribution in [-0.4, -0.2) is 45.9 Å². The number of fused-ring (bicyclic) bond motifs is 1. The van der Waals surface area contributed by atoms with Gasteiger partial charge in [-0.25, -0.2) is 26.1 Å². The minimum absolute atomic E-state index is 0.00929. The Morgan fingerprint density at radius 1 is 1.03 bits per heavy atom. The Morgan fingerprint density at radius 3 is 2.60 bits per heavy atom. The van der Waals surface area contributed by atoms with Crippen LogP contribution in [0.3, 0.4) is 0 Å². The highest BCUT2D eigenvalue weighted by atomic mass is 32.2. The molecule has 11 heteroatoms. The fraction of sp³-hybridized carbons (Fsp3) is 0.167. The molecule has 4 aromatic rings. The van der Waals surface area contributed by atoms with Crippen LogP contribution in [0.1, 0.15) is 5.56 Å². The van der Waals surface area contributed by atoms with Gasteiger partial charge in [0.05, 0.1) is 34.2 Å². The number of hydrogen-bond donors (Lipinski definition) is 1. The van der Waals surface area contributed by atoms with Crippen LogP contribution in [0.4, 0.5) is 11.4 Å². The molecule has 1 aliphatic heterocycles. The van der Waals surface area contributed by atoms with Gasteiger partial charge in [0.1, 0.15) is 6.73 Å². The van der Waals surface area contributed by atoms with E-state index in [0.717, 1.165) is 32.0 Å². The van der Waals surface area contributed by atoms with E-state index in [1.807, 2.05) is 31.2 Å². The van der Waals surface area contributed by atoms with Crippen molar-refractivity contribution < 1.29 is 21.6 Å². The normalized spacial score (nSPS) is 15.7. The van der Waals surface area contributed by atoms with E-state index < -0.39 is 20.0 Å². The topological polar surface area (TPSA) is 119 Å². The molecule has 2 aromatic heterocycles. The molecule has 0 bridgehead atoms. The summed E-state index contributed by atoms with van der Waals surface area (Å²) in [6, 6.07) is 16.5. The Hall–Kier alpha value is -3.54. The average Bonchev–Trinajstić information content (AvgIpc) is 2.84. The number of anilines is 2. The summed E-state index contributed by atoms with van der Waals surface area (Å²) in [7, 11) is -7.40. The van der Waals surface area contributed by atoms with Crippen LogP contribution >= 0.6 is 0 Å². The van der Waals surface area contributed by atoms with Crippen molar-refractivity contribution in [1.82, 2.24) is 9.97 Å². The zero-order chi connectivity index (χ0) is 24.6. The Balaban J connectivity index is 1.41. The fourth-order valence-corrected chi connectivity index (χ4v) is 6.10. The predicted molar refractivity (Wildman–Crippen MR) is 134 cm³/mol. The van der Waals surface area contributed by atoms with Gasteiger partial charge in [0, 0.05) is 29.0 Å². The van der Waals surface area contributed by atoms with E-state index in [4.69, 9.17) is 4.74 Å². The van der Waals surface area contributed by atoms with Crippen LogP contribution < -0.4 is 9.03 Å². The third-order valence-electron chi connectivity index (χ3n) is 5.72. The molecule has 0 unspecified atom stereocenters. The molecular formula is C24H22N4O5S2. The summed E-state index contributed by atoms with van der Waals surface area (Å²) >= 11 is 0. The maximum atomic E-state index is 13.0. The van der Waals surface area contributed by atoms with Crippen molar-refractivity contribution in [2.24, 2.45) is 0 Å². The van der Waals surface area contributed by atoms with Gasteiger partial charge in [0.15, 0.2) is 0 Å². The number of aromatic nitrogens is 2. The molecule has 5 rings (SSSR count). The predicted octanol–water partition coefficient (Wildman–Crippen LogP) is 3.53. The van der Waals surface area contributed by atoms with Crippen LogP contribution in [-0.2, 0) is 24.8 Å². The second kappa shape index (κ2) is 8.91. The van der Waals surface area contributed by atoms with Gasteiger partial charge in [-0.2, -0.15) is 0 Å². The second-order valence-corrected chi connectivity index (χ2v) is 11.8. The number of ether oxygens (including phenoxy) is 1. The van der Waals surface area contributed by atoms with Crippen molar-refractivity contribution in [3.8, 4) is 11.3 Å². The standard InChI is InChI=1S/C24H22N4O5S2/c1-17-2-4-19(14-22(17)24-9-3-18-15-25-11-10-23(18)26-24)27-35(31,32)21-7-5-20(6-8-21)28-16-33-12-13-34(28,29)30/h2-11,14-15,27H,12-13,16H2,1H3. The summed E-state index contributed by atoms with van der Waals surface area (Å²) in [6.07, 6.45) is 3.41. The molecule has 0 amide bonds. The lowest BCUT2D eigenvalue weighted by molar-refractivity contribution is 0.149. The lowest BCUT2D eigenvalue weighted by Gasteiger charge is -2.28. The van der Waals surface area contributed by atoms with Gasteiger partial charge in [-0.15, -0.1) is 0 Å². The van der Waals surface area contributed by atoms with Gasteiger partial charge in [0.2, 0.25) is 10.0 Å². The van der Waals surface area contributed by atoms with E-state index in [1.165, 1.54) is 24.3 Å². The number of benzene rings is 2. The summed E-state index contributed by atoms with van der Waals surface area (Å²) in [5.41, 5.74) is 4.00. The largest absolute Gasteiger partial charge is 0.359 e. The molecule has 9 nitrogen and oxygen atoms in total. The maximum Gasteiger partial charge on any atom is 0.261 e. The van der Waals surface area contributed by atoms with Gasteiger partial charge < -0.3 is 4.74 Å². The lowest BCUT2D eigenvalue weighted by atomic mass is 10.0. The van der Waals surface area contributed by atoms with Gasteiger partial charge in [-0.1, -0.05) is 6.07 Å². The van der Waals surface area contributed by atoms with E-state index in [-0.39, 0.29) is 24.0 Å². The summed E-state index contributed by atoms with van der Waals surface area (Å²) in [5.74, 6) is -0.118. The summed E-state index contributed by atoms with van der Waals surface area (Å²) in [4.78, 5) is 8.80. The second-order valence-electron chi connectivity index (χ2n) is 8.10. The van der Waals surface area contributed by atoms with Gasteiger partial charge in [-0.3, -0.25) is 9.71 Å². The fourth-order valence-electron chi connectivity index (χ4n) is 3.82. The first kappa shape index (κ1) is 23.2. The minimum Gasteiger partial charge on any atom is -0.359 e. The highest BCUT2D eigenvalue weighted by Crippen LogP contribution is 2.29. The first-order chi connectivity index (χ1) is 16.7. The van der Waals surface area contributed by atoms with Gasteiger partial charge in [0.25, 0.3) is 10.0 Å². The highest BCUT2D eigenvalue weighted by molar-refractivity contribution is 7.93. The summed E-state index contributed by atoms with van der Waals surface area (Å²) < 4.78 is 59.6. The van der Waals surface area contributed by atoms with E-state index in [9.17, 15) is 16.8 Å². The van der Waals surface area contributed by atoms with Crippen LogP contribution in [0.5, 0.6) is 0 Å². The number of nitrogens with zero attached hydrogens (tertiary/aromatic N) is 3. The number of aryl methyl sites for hydroxylation is 1. The van der Waals surface area contributed by atoms with E-state index in [2.05, 4.69) is 14.7 Å². The molecule has 180 valence electrons. The Kier molecular flexibility index (Phi) is 5.91. The van der Waals surface area contributed by atoms with E-state index >= 15 is 0 Å². The number of sulfonamides is 2. The third-order valence-corrected chi connectivity index (χ3v) is 8.79. The molecule has 0 spiro atoms. The Morgan fingerprint density at radius 2 is 1.83 bits per heavy atom. The molecule has 35 heavy (non-hydrogen) atoms. The highest BCUT2D eigenvalue weighted by Gasteiger charge is 2.27. The third kappa shape index (κ3) is 4.70. The van der Waals surface area contributed by atoms with Crippen molar-refractivity contribution in [3.63, 3.8) is 0 Å². The number of nitrogens with one attached hydrogen (secondary N) is 1. The first-order valence-electron chi connectivity index (χ1n) is 10.8. The molecule has 0 saturated carbocycles. The van der Waals surface area contributed by atoms with Gasteiger partial charge >= 0.3 is 0 Å². The van der Waals surface area contributed by atoms with E-state index in [1.54, 1.807) is 24.5 Å². The Labute approximate surface area is 203 Å². The maximum absolute atomic E-state index is 13.0. The van der Waals surface area contributed by atoms with Crippen molar-refractivity contribution in [1.29, 1.82) is 0 Å². The smallest absolute Gasteiger partial charge is 0.261 e. The molecule has 1 aliphatic rings. The van der Waals surface area contributed by atoms with Crippen molar-refractivity contribution in [3.05, 3.63) is 78.6 Å². The van der Waals surface area contributed by atoms with Crippen LogP contribution in [0.15, 0.2) is 78.0 Å². The number of hydrogen-bond acceptors (Lipinski definition) is 7. The zero-order valence-corrected chi connectivity index (χ0v) is 20.4. The Bertz CT molecular complexity index is 1620. The molecule has 1 N–H and O–H groups in total. The van der Waals surface area contributed by atoms with Crippen molar-refractivity contribution >= 4 is 42.3 Å². The quantitative estimate of drug-likeness (QED) is 0.436. The monoisotopic (exact) mass is 510 g/mol. The van der Waals surface area contributed by atoms with Crippen molar-refractivity contribution in [2.75, 3.05) is 28.1 Å². The lowest BCUT2D eigenvalue weighted by Crippen LogP contribution is -2.41. The molecule has 2 aromatic carbocycles. The van der Waals surface area contributed by atoms with E-state index in [0.29, 0.717) is 11.4 Å². The van der Waals surface area contributed by atoms with Crippen LogP contribution in [0.2, 0.25) is 0 Å². The summed E-state index contributed by atoms with van der Waals surface area (Å²) in [5, 5.41) is 0.915. The number of rotatable bonds is 5. The van der Waals surface area contributed by atoms with Crippen molar-refractivity contribution in [2.45, 2.75) is 11.8 Å². The number of pyridine rings is 2. The average molecular weight is 511 g/mol. The molecular weight excluding hydrogens is 488 g/mol. The zero-order valence-electron chi connectivity index (χ0n) is 18.7. The molecule has 0 atom stereocenters.